The predicted molar refractivity (Wildman–Crippen MR) is 63.1 cm³/mol. The maximum absolute atomic E-state index is 5.81. The van der Waals surface area contributed by atoms with Gasteiger partial charge in [0.05, 0.1) is 16.8 Å². The monoisotopic (exact) mass is 240 g/mol. The fourth-order valence-corrected chi connectivity index (χ4v) is 2.28. The average molecular weight is 241 g/mol. The number of rotatable bonds is 3. The lowest BCUT2D eigenvalue weighted by Crippen LogP contribution is -1.95. The average Bonchev–Trinajstić information content (AvgIpc) is 2.64. The molecular formula is C10H9ClN2OS. The molecule has 2 rings (SSSR count). The van der Waals surface area contributed by atoms with Crippen LogP contribution in [0.25, 0.3) is 16.0 Å². The molecule has 0 bridgehead atoms. The molecule has 2 aromatic heterocycles. The van der Waals surface area contributed by atoms with Gasteiger partial charge >= 0.3 is 0 Å². The Bertz CT molecular complexity index is 509. The molecule has 0 saturated carbocycles. The maximum atomic E-state index is 5.81. The van der Waals surface area contributed by atoms with Crippen LogP contribution in [0.4, 0.5) is 0 Å². The third-order valence-corrected chi connectivity index (χ3v) is 2.94. The summed E-state index contributed by atoms with van der Waals surface area (Å²) in [6, 6.07) is 1.90. The molecule has 0 saturated heterocycles. The van der Waals surface area contributed by atoms with E-state index >= 15 is 0 Å². The van der Waals surface area contributed by atoms with E-state index in [1.165, 1.54) is 0 Å². The van der Waals surface area contributed by atoms with E-state index in [9.17, 15) is 0 Å². The van der Waals surface area contributed by atoms with Crippen molar-refractivity contribution in [1.29, 1.82) is 0 Å². The number of aromatic nitrogens is 2. The first-order valence-electron chi connectivity index (χ1n) is 4.45. The van der Waals surface area contributed by atoms with Gasteiger partial charge in [0.15, 0.2) is 0 Å². The molecule has 2 heterocycles. The first kappa shape index (κ1) is 10.4. The molecule has 0 aromatic carbocycles. The van der Waals surface area contributed by atoms with Crippen molar-refractivity contribution >= 4 is 38.9 Å². The molecular weight excluding hydrogens is 232 g/mol. The molecule has 15 heavy (non-hydrogen) atoms. The highest BCUT2D eigenvalue weighted by Crippen LogP contribution is 2.27. The Morgan fingerprint density at radius 3 is 3.13 bits per heavy atom. The van der Waals surface area contributed by atoms with E-state index in [-0.39, 0.29) is 5.28 Å². The quantitative estimate of drug-likeness (QED) is 0.610. The standard InChI is InChI=1S/C10H9ClN2OS/c1-3-14-6(2)8-9-7(4-5-15-9)12-10(11)13-8/h4-5H,2-3H2,1H3. The van der Waals surface area contributed by atoms with Crippen LogP contribution in [0.3, 0.4) is 0 Å². The minimum atomic E-state index is 0.219. The molecule has 0 fully saturated rings. The number of ether oxygens (including phenoxy) is 1. The summed E-state index contributed by atoms with van der Waals surface area (Å²) in [7, 11) is 0. The van der Waals surface area contributed by atoms with E-state index in [0.717, 1.165) is 10.2 Å². The minimum Gasteiger partial charge on any atom is -0.492 e. The van der Waals surface area contributed by atoms with Crippen molar-refractivity contribution < 1.29 is 4.74 Å². The molecule has 2 aromatic rings. The van der Waals surface area contributed by atoms with Crippen LogP contribution in [0.5, 0.6) is 0 Å². The molecule has 78 valence electrons. The summed E-state index contributed by atoms with van der Waals surface area (Å²) in [5.41, 5.74) is 1.51. The largest absolute Gasteiger partial charge is 0.492 e. The Morgan fingerprint density at radius 2 is 2.40 bits per heavy atom. The van der Waals surface area contributed by atoms with Gasteiger partial charge in [0.2, 0.25) is 5.28 Å². The van der Waals surface area contributed by atoms with Crippen LogP contribution in [0, 0.1) is 0 Å². The SMILES string of the molecule is C=C(OCC)c1nc(Cl)nc2ccsc12. The number of nitrogens with zero attached hydrogens (tertiary/aromatic N) is 2. The molecule has 0 spiro atoms. The first-order valence-corrected chi connectivity index (χ1v) is 5.71. The first-order chi connectivity index (χ1) is 7.22. The van der Waals surface area contributed by atoms with E-state index in [1.54, 1.807) is 11.3 Å². The number of hydrogen-bond donors (Lipinski definition) is 0. The van der Waals surface area contributed by atoms with Crippen LogP contribution in [0.1, 0.15) is 12.6 Å². The molecule has 0 amide bonds. The number of fused-ring (bicyclic) bond motifs is 1. The van der Waals surface area contributed by atoms with E-state index in [1.807, 2.05) is 18.4 Å². The molecule has 0 radical (unpaired) electrons. The van der Waals surface area contributed by atoms with Crippen molar-refractivity contribution in [3.05, 3.63) is 29.0 Å². The van der Waals surface area contributed by atoms with Crippen LogP contribution < -0.4 is 0 Å². The number of hydrogen-bond acceptors (Lipinski definition) is 4. The molecule has 0 atom stereocenters. The van der Waals surface area contributed by atoms with Crippen LogP contribution >= 0.6 is 22.9 Å². The van der Waals surface area contributed by atoms with E-state index in [2.05, 4.69) is 16.5 Å². The van der Waals surface area contributed by atoms with E-state index in [0.29, 0.717) is 18.1 Å². The number of halogens is 1. The zero-order valence-electron chi connectivity index (χ0n) is 8.16. The third-order valence-electron chi connectivity index (χ3n) is 1.86. The highest BCUT2D eigenvalue weighted by atomic mass is 35.5. The van der Waals surface area contributed by atoms with Crippen molar-refractivity contribution in [3.8, 4) is 0 Å². The van der Waals surface area contributed by atoms with Gasteiger partial charge in [-0.1, -0.05) is 6.58 Å². The molecule has 5 heteroatoms. The Hall–Kier alpha value is -1.13. The Kier molecular flexibility index (Phi) is 2.88. The van der Waals surface area contributed by atoms with Crippen LogP contribution in [-0.4, -0.2) is 16.6 Å². The van der Waals surface area contributed by atoms with Gasteiger partial charge in [-0.25, -0.2) is 9.97 Å². The van der Waals surface area contributed by atoms with Gasteiger partial charge in [-0.3, -0.25) is 0 Å². The number of thiophene rings is 1. The fraction of sp³-hybridized carbons (Fsp3) is 0.200. The van der Waals surface area contributed by atoms with Gasteiger partial charge in [0.25, 0.3) is 0 Å². The van der Waals surface area contributed by atoms with Crippen molar-refractivity contribution in [1.82, 2.24) is 9.97 Å². The Balaban J connectivity index is 2.57. The van der Waals surface area contributed by atoms with Crippen molar-refractivity contribution in [2.45, 2.75) is 6.92 Å². The van der Waals surface area contributed by atoms with Gasteiger partial charge < -0.3 is 4.74 Å². The van der Waals surface area contributed by atoms with Crippen LogP contribution in [-0.2, 0) is 4.74 Å². The summed E-state index contributed by atoms with van der Waals surface area (Å²) in [5, 5.41) is 2.16. The molecule has 0 N–H and O–H groups in total. The lowest BCUT2D eigenvalue weighted by Gasteiger charge is -2.06. The smallest absolute Gasteiger partial charge is 0.223 e. The topological polar surface area (TPSA) is 35.0 Å². The lowest BCUT2D eigenvalue weighted by atomic mass is 10.3. The van der Waals surface area contributed by atoms with E-state index in [4.69, 9.17) is 16.3 Å². The van der Waals surface area contributed by atoms with Crippen molar-refractivity contribution in [2.24, 2.45) is 0 Å². The zero-order chi connectivity index (χ0) is 10.8. The maximum Gasteiger partial charge on any atom is 0.223 e. The third kappa shape index (κ3) is 1.96. The Labute approximate surface area is 96.4 Å². The Morgan fingerprint density at radius 1 is 1.60 bits per heavy atom. The van der Waals surface area contributed by atoms with Gasteiger partial charge in [-0.05, 0) is 30.0 Å². The summed E-state index contributed by atoms with van der Waals surface area (Å²) in [6.45, 7) is 6.29. The lowest BCUT2D eigenvalue weighted by molar-refractivity contribution is 0.298. The van der Waals surface area contributed by atoms with Gasteiger partial charge in [0.1, 0.15) is 11.5 Å². The van der Waals surface area contributed by atoms with Gasteiger partial charge in [-0.2, -0.15) is 0 Å². The highest BCUT2D eigenvalue weighted by Gasteiger charge is 2.11. The molecule has 3 nitrogen and oxygen atoms in total. The summed E-state index contributed by atoms with van der Waals surface area (Å²) >= 11 is 7.36. The molecule has 0 aliphatic heterocycles. The van der Waals surface area contributed by atoms with Crippen LogP contribution in [0.2, 0.25) is 5.28 Å². The van der Waals surface area contributed by atoms with Crippen molar-refractivity contribution in [2.75, 3.05) is 6.61 Å². The molecule has 0 aliphatic carbocycles. The van der Waals surface area contributed by atoms with E-state index < -0.39 is 0 Å². The highest BCUT2D eigenvalue weighted by molar-refractivity contribution is 7.17. The second-order valence-electron chi connectivity index (χ2n) is 2.83. The predicted octanol–water partition coefficient (Wildman–Crippen LogP) is 3.35. The minimum absolute atomic E-state index is 0.219. The molecule has 0 aliphatic rings. The second-order valence-corrected chi connectivity index (χ2v) is 4.09. The fourth-order valence-electron chi connectivity index (χ4n) is 1.27. The normalized spacial score (nSPS) is 10.5. The summed E-state index contributed by atoms with van der Waals surface area (Å²) in [6.07, 6.45) is 0. The van der Waals surface area contributed by atoms with Crippen molar-refractivity contribution in [3.63, 3.8) is 0 Å². The summed E-state index contributed by atoms with van der Waals surface area (Å²) in [4.78, 5) is 8.24. The summed E-state index contributed by atoms with van der Waals surface area (Å²) < 4.78 is 6.28. The van der Waals surface area contributed by atoms with Crippen LogP contribution in [0.15, 0.2) is 18.0 Å². The van der Waals surface area contributed by atoms with Gasteiger partial charge in [0, 0.05) is 0 Å². The molecule has 0 unspecified atom stereocenters. The zero-order valence-corrected chi connectivity index (χ0v) is 9.73. The second kappa shape index (κ2) is 4.16. The van der Waals surface area contributed by atoms with Gasteiger partial charge in [-0.15, -0.1) is 11.3 Å². The summed E-state index contributed by atoms with van der Waals surface area (Å²) in [5.74, 6) is 0.536.